The van der Waals surface area contributed by atoms with Crippen LogP contribution in [0, 0.1) is 0 Å². The van der Waals surface area contributed by atoms with Crippen LogP contribution >= 0.6 is 11.6 Å². The molecule has 0 atom stereocenters. The van der Waals surface area contributed by atoms with Crippen molar-refractivity contribution in [2.24, 2.45) is 0 Å². The third-order valence-corrected chi connectivity index (χ3v) is 5.11. The van der Waals surface area contributed by atoms with Crippen molar-refractivity contribution in [1.29, 1.82) is 0 Å². The van der Waals surface area contributed by atoms with Crippen molar-refractivity contribution in [1.82, 2.24) is 4.90 Å². The standard InChI is InChI=1S/C18H22ClNO4/c1-2-23-16(21)11-24-15-9-8-13-14(17(15)19)10-20(18(13)22)12-6-4-3-5-7-12/h8-9,12H,2-7,10-11H2,1H3. The number of esters is 1. The Labute approximate surface area is 146 Å². The number of benzene rings is 1. The van der Waals surface area contributed by atoms with Crippen LogP contribution in [0.25, 0.3) is 0 Å². The summed E-state index contributed by atoms with van der Waals surface area (Å²) in [6, 6.07) is 3.70. The molecule has 0 aromatic heterocycles. The Balaban J connectivity index is 1.74. The number of carbonyl (C=O) groups excluding carboxylic acids is 2. The van der Waals surface area contributed by atoms with Crippen LogP contribution < -0.4 is 4.74 Å². The van der Waals surface area contributed by atoms with E-state index in [9.17, 15) is 9.59 Å². The van der Waals surface area contributed by atoms with Gasteiger partial charge < -0.3 is 14.4 Å². The number of rotatable bonds is 5. The molecule has 130 valence electrons. The zero-order valence-electron chi connectivity index (χ0n) is 13.8. The van der Waals surface area contributed by atoms with Crippen molar-refractivity contribution in [2.75, 3.05) is 13.2 Å². The summed E-state index contributed by atoms with van der Waals surface area (Å²) < 4.78 is 10.3. The fourth-order valence-electron chi connectivity index (χ4n) is 3.49. The first-order chi connectivity index (χ1) is 11.6. The SMILES string of the molecule is CCOC(=O)COc1ccc2c(c1Cl)CN(C1CCCCC1)C2=O. The summed E-state index contributed by atoms with van der Waals surface area (Å²) in [5.74, 6) is 0.0338. The summed E-state index contributed by atoms with van der Waals surface area (Å²) in [4.78, 5) is 26.0. The molecular weight excluding hydrogens is 330 g/mol. The molecule has 0 radical (unpaired) electrons. The summed E-state index contributed by atoms with van der Waals surface area (Å²) in [5, 5.41) is 0.420. The number of hydrogen-bond acceptors (Lipinski definition) is 4. The van der Waals surface area contributed by atoms with Crippen molar-refractivity contribution in [2.45, 2.75) is 51.6 Å². The lowest BCUT2D eigenvalue weighted by atomic mass is 9.94. The minimum atomic E-state index is -0.436. The molecule has 1 fully saturated rings. The molecule has 3 rings (SSSR count). The van der Waals surface area contributed by atoms with Gasteiger partial charge in [0, 0.05) is 23.7 Å². The zero-order valence-corrected chi connectivity index (χ0v) is 14.6. The third kappa shape index (κ3) is 3.36. The highest BCUT2D eigenvalue weighted by Gasteiger charge is 2.35. The number of ether oxygens (including phenoxy) is 2. The molecule has 2 aliphatic rings. The molecule has 0 spiro atoms. The third-order valence-electron chi connectivity index (χ3n) is 4.69. The smallest absolute Gasteiger partial charge is 0.344 e. The van der Waals surface area contributed by atoms with E-state index >= 15 is 0 Å². The summed E-state index contributed by atoms with van der Waals surface area (Å²) in [5.41, 5.74) is 1.45. The van der Waals surface area contributed by atoms with Gasteiger partial charge in [-0.15, -0.1) is 0 Å². The lowest BCUT2D eigenvalue weighted by Gasteiger charge is -2.30. The average Bonchev–Trinajstić information content (AvgIpc) is 2.93. The number of halogens is 1. The van der Waals surface area contributed by atoms with E-state index in [1.165, 1.54) is 19.3 Å². The summed E-state index contributed by atoms with van der Waals surface area (Å²) in [7, 11) is 0. The molecule has 1 aromatic rings. The van der Waals surface area contributed by atoms with E-state index in [4.69, 9.17) is 21.1 Å². The maximum Gasteiger partial charge on any atom is 0.344 e. The molecule has 1 aromatic carbocycles. The van der Waals surface area contributed by atoms with E-state index in [0.717, 1.165) is 18.4 Å². The molecular formula is C18H22ClNO4. The van der Waals surface area contributed by atoms with Crippen molar-refractivity contribution < 1.29 is 19.1 Å². The van der Waals surface area contributed by atoms with Crippen molar-refractivity contribution in [3.63, 3.8) is 0 Å². The predicted molar refractivity (Wildman–Crippen MR) is 90.3 cm³/mol. The molecule has 1 saturated carbocycles. The van der Waals surface area contributed by atoms with Crippen LogP contribution in [0.4, 0.5) is 0 Å². The molecule has 1 amide bonds. The molecule has 0 N–H and O–H groups in total. The first-order valence-corrected chi connectivity index (χ1v) is 8.90. The van der Waals surface area contributed by atoms with Gasteiger partial charge in [0.2, 0.25) is 0 Å². The molecule has 0 saturated heterocycles. The normalized spacial score (nSPS) is 17.8. The molecule has 1 aliphatic carbocycles. The van der Waals surface area contributed by atoms with E-state index in [1.807, 2.05) is 4.90 Å². The van der Waals surface area contributed by atoms with Crippen molar-refractivity contribution >= 4 is 23.5 Å². The lowest BCUT2D eigenvalue weighted by molar-refractivity contribution is -0.145. The lowest BCUT2D eigenvalue weighted by Crippen LogP contribution is -2.36. The highest BCUT2D eigenvalue weighted by atomic mass is 35.5. The highest BCUT2D eigenvalue weighted by molar-refractivity contribution is 6.33. The molecule has 1 aliphatic heterocycles. The monoisotopic (exact) mass is 351 g/mol. The summed E-state index contributed by atoms with van der Waals surface area (Å²) in [6.45, 7) is 2.39. The predicted octanol–water partition coefficient (Wildman–Crippen LogP) is 3.57. The van der Waals surface area contributed by atoms with E-state index < -0.39 is 5.97 Å². The maximum atomic E-state index is 12.7. The van der Waals surface area contributed by atoms with E-state index in [2.05, 4.69) is 0 Å². The van der Waals surface area contributed by atoms with Gasteiger partial charge in [0.15, 0.2) is 6.61 Å². The van der Waals surface area contributed by atoms with Gasteiger partial charge in [-0.2, -0.15) is 0 Å². The molecule has 24 heavy (non-hydrogen) atoms. The second kappa shape index (κ2) is 7.43. The molecule has 0 unspecified atom stereocenters. The van der Waals surface area contributed by atoms with Gasteiger partial charge >= 0.3 is 5.97 Å². The zero-order chi connectivity index (χ0) is 17.1. The van der Waals surface area contributed by atoms with Gasteiger partial charge in [-0.05, 0) is 31.9 Å². The maximum absolute atomic E-state index is 12.7. The van der Waals surface area contributed by atoms with Crippen molar-refractivity contribution in [3.05, 3.63) is 28.3 Å². The second-order valence-electron chi connectivity index (χ2n) is 6.22. The topological polar surface area (TPSA) is 55.8 Å². The number of amides is 1. The van der Waals surface area contributed by atoms with Gasteiger partial charge in [0.25, 0.3) is 5.91 Å². The quantitative estimate of drug-likeness (QED) is 0.761. The second-order valence-corrected chi connectivity index (χ2v) is 6.60. The Kier molecular flexibility index (Phi) is 5.29. The van der Waals surface area contributed by atoms with Crippen LogP contribution in [0.1, 0.15) is 54.9 Å². The Morgan fingerprint density at radius 2 is 2.04 bits per heavy atom. The summed E-state index contributed by atoms with van der Waals surface area (Å²) in [6.07, 6.45) is 5.71. The van der Waals surface area contributed by atoms with Crippen LogP contribution in [0.3, 0.4) is 0 Å². The fourth-order valence-corrected chi connectivity index (χ4v) is 3.77. The number of hydrogen-bond donors (Lipinski definition) is 0. The average molecular weight is 352 g/mol. The van der Waals surface area contributed by atoms with Crippen LogP contribution in [0.15, 0.2) is 12.1 Å². The van der Waals surface area contributed by atoms with E-state index in [-0.39, 0.29) is 12.5 Å². The Bertz CT molecular complexity index is 640. The molecule has 1 heterocycles. The van der Waals surface area contributed by atoms with Crippen LogP contribution in [0.5, 0.6) is 5.75 Å². The van der Waals surface area contributed by atoms with E-state index in [0.29, 0.717) is 35.5 Å². The number of fused-ring (bicyclic) bond motifs is 1. The fraction of sp³-hybridized carbons (Fsp3) is 0.556. The number of carbonyl (C=O) groups is 2. The van der Waals surface area contributed by atoms with Gasteiger partial charge in [-0.3, -0.25) is 4.79 Å². The minimum Gasteiger partial charge on any atom is -0.480 e. The summed E-state index contributed by atoms with van der Waals surface area (Å²) >= 11 is 6.43. The molecule has 0 bridgehead atoms. The minimum absolute atomic E-state index is 0.0516. The van der Waals surface area contributed by atoms with Crippen molar-refractivity contribution in [3.8, 4) is 5.75 Å². The Morgan fingerprint density at radius 3 is 2.75 bits per heavy atom. The highest BCUT2D eigenvalue weighted by Crippen LogP contribution is 2.38. The van der Waals surface area contributed by atoms with Crippen LogP contribution in [0.2, 0.25) is 5.02 Å². The molecule has 6 heteroatoms. The number of nitrogens with zero attached hydrogens (tertiary/aromatic N) is 1. The van der Waals surface area contributed by atoms with Gasteiger partial charge in [-0.1, -0.05) is 30.9 Å². The first kappa shape index (κ1) is 17.1. The van der Waals surface area contributed by atoms with E-state index in [1.54, 1.807) is 19.1 Å². The van der Waals surface area contributed by atoms with Crippen LogP contribution in [-0.4, -0.2) is 36.0 Å². The van der Waals surface area contributed by atoms with Gasteiger partial charge in [-0.25, -0.2) is 4.79 Å². The Hall–Kier alpha value is -1.75. The van der Waals surface area contributed by atoms with Gasteiger partial charge in [0.1, 0.15) is 5.75 Å². The first-order valence-electron chi connectivity index (χ1n) is 8.52. The van der Waals surface area contributed by atoms with Gasteiger partial charge in [0.05, 0.1) is 11.6 Å². The van der Waals surface area contributed by atoms with Crippen LogP contribution in [-0.2, 0) is 16.1 Å². The largest absolute Gasteiger partial charge is 0.480 e. The molecule has 5 nitrogen and oxygen atoms in total. The Morgan fingerprint density at radius 1 is 1.29 bits per heavy atom.